The second-order valence-corrected chi connectivity index (χ2v) is 4.43. The molecule has 3 aromatic rings. The molecule has 0 aliphatic heterocycles. The molecular formula is C13H15N7. The normalized spacial score (nSPS) is 10.7. The van der Waals surface area contributed by atoms with Crippen LogP contribution < -0.4 is 16.6 Å². The maximum atomic E-state index is 5.43. The van der Waals surface area contributed by atoms with Crippen LogP contribution >= 0.6 is 0 Å². The lowest BCUT2D eigenvalue weighted by atomic mass is 10.1. The molecular weight excluding hydrogens is 254 g/mol. The van der Waals surface area contributed by atoms with Crippen LogP contribution in [0.2, 0.25) is 0 Å². The Morgan fingerprint density at radius 3 is 3.05 bits per heavy atom. The summed E-state index contributed by atoms with van der Waals surface area (Å²) in [5.74, 6) is 6.67. The molecule has 0 saturated carbocycles. The molecule has 0 unspecified atom stereocenters. The molecule has 7 nitrogen and oxygen atoms in total. The Kier molecular flexibility index (Phi) is 3.18. The third-order valence-electron chi connectivity index (χ3n) is 3.12. The Balaban J connectivity index is 1.90. The van der Waals surface area contributed by atoms with E-state index in [1.54, 1.807) is 18.6 Å². The third kappa shape index (κ3) is 2.26. The summed E-state index contributed by atoms with van der Waals surface area (Å²) in [7, 11) is 0. The molecule has 102 valence electrons. The van der Waals surface area contributed by atoms with Crippen LogP contribution in [0.5, 0.6) is 0 Å². The zero-order chi connectivity index (χ0) is 13.9. The Bertz CT molecular complexity index is 734. The number of aryl methyl sites for hydroxylation is 1. The monoisotopic (exact) mass is 269 g/mol. The summed E-state index contributed by atoms with van der Waals surface area (Å²) >= 11 is 0. The Morgan fingerprint density at radius 1 is 1.35 bits per heavy atom. The van der Waals surface area contributed by atoms with Gasteiger partial charge in [0.25, 0.3) is 0 Å². The topological polar surface area (TPSA) is 93.2 Å². The summed E-state index contributed by atoms with van der Waals surface area (Å²) < 4.78 is 1.86. The largest absolute Gasteiger partial charge is 0.363 e. The average molecular weight is 269 g/mol. The van der Waals surface area contributed by atoms with Crippen LogP contribution in [0.4, 0.5) is 11.6 Å². The van der Waals surface area contributed by atoms with E-state index in [0.29, 0.717) is 18.2 Å². The SMILES string of the molecule is Cc1ccncc1CNc1nc(NN)cn2ccnc12. The van der Waals surface area contributed by atoms with Gasteiger partial charge in [0, 0.05) is 31.3 Å². The third-order valence-corrected chi connectivity index (χ3v) is 3.12. The summed E-state index contributed by atoms with van der Waals surface area (Å²) in [4.78, 5) is 12.8. The van der Waals surface area contributed by atoms with Crippen LogP contribution in [-0.2, 0) is 6.54 Å². The summed E-state index contributed by atoms with van der Waals surface area (Å²) in [6.07, 6.45) is 8.97. The number of nitrogens with zero attached hydrogens (tertiary/aromatic N) is 4. The molecule has 3 rings (SSSR count). The van der Waals surface area contributed by atoms with Gasteiger partial charge in [0.15, 0.2) is 17.3 Å². The number of pyridine rings is 1. The molecule has 0 amide bonds. The number of nitrogens with two attached hydrogens (primary N) is 1. The maximum absolute atomic E-state index is 5.43. The lowest BCUT2D eigenvalue weighted by Gasteiger charge is -2.10. The fourth-order valence-electron chi connectivity index (χ4n) is 1.98. The molecule has 3 heterocycles. The predicted octanol–water partition coefficient (Wildman–Crippen LogP) is 1.33. The first-order valence-corrected chi connectivity index (χ1v) is 6.21. The van der Waals surface area contributed by atoms with E-state index in [-0.39, 0.29) is 0 Å². The van der Waals surface area contributed by atoms with Crippen LogP contribution in [0.15, 0.2) is 37.1 Å². The number of hydrazine groups is 1. The number of fused-ring (bicyclic) bond motifs is 1. The average Bonchev–Trinajstić information content (AvgIpc) is 2.94. The highest BCUT2D eigenvalue weighted by molar-refractivity contribution is 5.65. The molecule has 0 fully saturated rings. The number of nitrogens with one attached hydrogen (secondary N) is 2. The summed E-state index contributed by atoms with van der Waals surface area (Å²) in [6.45, 7) is 2.68. The van der Waals surface area contributed by atoms with E-state index in [4.69, 9.17) is 5.84 Å². The van der Waals surface area contributed by atoms with Gasteiger partial charge in [-0.3, -0.25) is 4.98 Å². The molecule has 20 heavy (non-hydrogen) atoms. The molecule has 3 aromatic heterocycles. The molecule has 4 N–H and O–H groups in total. The molecule has 0 spiro atoms. The molecule has 0 atom stereocenters. The van der Waals surface area contributed by atoms with Crippen LogP contribution in [0.25, 0.3) is 5.65 Å². The van der Waals surface area contributed by atoms with Crippen molar-refractivity contribution in [3.8, 4) is 0 Å². The lowest BCUT2D eigenvalue weighted by molar-refractivity contribution is 1.04. The van der Waals surface area contributed by atoms with Crippen LogP contribution in [0.3, 0.4) is 0 Å². The number of hydrogen-bond donors (Lipinski definition) is 3. The second kappa shape index (κ2) is 5.14. The number of nitrogen functional groups attached to an aromatic ring is 1. The quantitative estimate of drug-likeness (QED) is 0.489. The highest BCUT2D eigenvalue weighted by Gasteiger charge is 2.07. The van der Waals surface area contributed by atoms with E-state index in [1.165, 1.54) is 5.56 Å². The van der Waals surface area contributed by atoms with Gasteiger partial charge in [-0.2, -0.15) is 0 Å². The minimum atomic E-state index is 0.570. The Hall–Kier alpha value is -2.67. The number of imidazole rings is 1. The van der Waals surface area contributed by atoms with Gasteiger partial charge in [0.05, 0.1) is 6.20 Å². The van der Waals surface area contributed by atoms with E-state index in [2.05, 4.69) is 32.6 Å². The number of aromatic nitrogens is 4. The van der Waals surface area contributed by atoms with Crippen molar-refractivity contribution in [2.45, 2.75) is 13.5 Å². The van der Waals surface area contributed by atoms with Gasteiger partial charge < -0.3 is 15.1 Å². The van der Waals surface area contributed by atoms with Crippen LogP contribution in [-0.4, -0.2) is 19.4 Å². The first-order chi connectivity index (χ1) is 9.78. The number of hydrogen-bond acceptors (Lipinski definition) is 6. The number of rotatable bonds is 4. The molecule has 0 aliphatic carbocycles. The predicted molar refractivity (Wildman–Crippen MR) is 77.1 cm³/mol. The zero-order valence-electron chi connectivity index (χ0n) is 11.0. The molecule has 0 aliphatic rings. The minimum Gasteiger partial charge on any atom is -0.363 e. The van der Waals surface area contributed by atoms with Crippen molar-refractivity contribution in [1.82, 2.24) is 19.4 Å². The van der Waals surface area contributed by atoms with Gasteiger partial charge in [0.1, 0.15) is 0 Å². The van der Waals surface area contributed by atoms with E-state index in [1.807, 2.05) is 22.9 Å². The van der Waals surface area contributed by atoms with Crippen molar-refractivity contribution in [2.24, 2.45) is 5.84 Å². The van der Waals surface area contributed by atoms with Gasteiger partial charge in [0.2, 0.25) is 0 Å². The Labute approximate surface area is 115 Å². The van der Waals surface area contributed by atoms with E-state index >= 15 is 0 Å². The van der Waals surface area contributed by atoms with Crippen molar-refractivity contribution in [2.75, 3.05) is 10.7 Å². The van der Waals surface area contributed by atoms with Crippen molar-refractivity contribution < 1.29 is 0 Å². The molecule has 0 saturated heterocycles. The van der Waals surface area contributed by atoms with E-state index in [9.17, 15) is 0 Å². The highest BCUT2D eigenvalue weighted by Crippen LogP contribution is 2.17. The summed E-state index contributed by atoms with van der Waals surface area (Å²) in [6, 6.07) is 1.98. The number of anilines is 2. The van der Waals surface area contributed by atoms with Gasteiger partial charge in [-0.05, 0) is 24.1 Å². The highest BCUT2D eigenvalue weighted by atomic mass is 15.3. The van der Waals surface area contributed by atoms with Gasteiger partial charge in [-0.25, -0.2) is 15.8 Å². The zero-order valence-corrected chi connectivity index (χ0v) is 11.0. The first kappa shape index (κ1) is 12.4. The fraction of sp³-hybridized carbons (Fsp3) is 0.154. The Morgan fingerprint density at radius 2 is 2.25 bits per heavy atom. The smallest absolute Gasteiger partial charge is 0.180 e. The van der Waals surface area contributed by atoms with Crippen molar-refractivity contribution in [3.63, 3.8) is 0 Å². The second-order valence-electron chi connectivity index (χ2n) is 4.43. The standard InChI is InChI=1S/C13H15N7/c1-9-2-3-15-6-10(9)7-17-12-13-16-4-5-20(13)8-11(18-12)19-14/h2-6,8,19H,7,14H2,1H3,(H,17,18). The lowest BCUT2D eigenvalue weighted by Crippen LogP contribution is -2.12. The van der Waals surface area contributed by atoms with Crippen molar-refractivity contribution >= 4 is 17.3 Å². The maximum Gasteiger partial charge on any atom is 0.180 e. The van der Waals surface area contributed by atoms with Gasteiger partial charge in [-0.15, -0.1) is 0 Å². The summed E-state index contributed by atoms with van der Waals surface area (Å²) in [5, 5.41) is 3.28. The van der Waals surface area contributed by atoms with Crippen LogP contribution in [0.1, 0.15) is 11.1 Å². The molecule has 0 radical (unpaired) electrons. The van der Waals surface area contributed by atoms with Gasteiger partial charge >= 0.3 is 0 Å². The fourth-order valence-corrected chi connectivity index (χ4v) is 1.98. The minimum absolute atomic E-state index is 0.570. The molecule has 0 bridgehead atoms. The van der Waals surface area contributed by atoms with Crippen molar-refractivity contribution in [3.05, 3.63) is 48.2 Å². The van der Waals surface area contributed by atoms with E-state index < -0.39 is 0 Å². The van der Waals surface area contributed by atoms with Gasteiger partial charge in [-0.1, -0.05) is 0 Å². The van der Waals surface area contributed by atoms with E-state index in [0.717, 1.165) is 11.2 Å². The molecule has 0 aromatic carbocycles. The molecule has 7 heteroatoms. The summed E-state index contributed by atoms with van der Waals surface area (Å²) in [5.41, 5.74) is 5.60. The first-order valence-electron chi connectivity index (χ1n) is 6.21. The van der Waals surface area contributed by atoms with Crippen LogP contribution in [0, 0.1) is 6.92 Å². The van der Waals surface area contributed by atoms with Crippen molar-refractivity contribution in [1.29, 1.82) is 0 Å².